The molecule has 1 aromatic carbocycles. The van der Waals surface area contributed by atoms with Crippen LogP contribution in [0.5, 0.6) is 0 Å². The second-order valence-electron chi connectivity index (χ2n) is 5.64. The fourth-order valence-electron chi connectivity index (χ4n) is 2.66. The summed E-state index contributed by atoms with van der Waals surface area (Å²) in [5, 5.41) is 21.0. The van der Waals surface area contributed by atoms with Gasteiger partial charge in [0.2, 0.25) is 5.91 Å². The average molecular weight is 291 g/mol. The molecular formula is C16H21NO4. The van der Waals surface area contributed by atoms with Gasteiger partial charge in [0.25, 0.3) is 0 Å². The first-order chi connectivity index (χ1) is 10.0. The van der Waals surface area contributed by atoms with Crippen LogP contribution in [0.3, 0.4) is 0 Å². The molecule has 1 atom stereocenters. The van der Waals surface area contributed by atoms with Crippen LogP contribution in [-0.4, -0.2) is 34.2 Å². The van der Waals surface area contributed by atoms with Gasteiger partial charge in [-0.15, -0.1) is 0 Å². The van der Waals surface area contributed by atoms with Gasteiger partial charge in [0.1, 0.15) is 0 Å². The first kappa shape index (κ1) is 15.5. The first-order valence-electron chi connectivity index (χ1n) is 7.27. The highest BCUT2D eigenvalue weighted by molar-refractivity contribution is 5.80. The Labute approximate surface area is 124 Å². The molecule has 1 saturated carbocycles. The average Bonchev–Trinajstić information content (AvgIpc) is 2.42. The number of amides is 1. The molecule has 1 aromatic rings. The van der Waals surface area contributed by atoms with Crippen molar-refractivity contribution in [2.45, 2.75) is 44.2 Å². The summed E-state index contributed by atoms with van der Waals surface area (Å²) in [7, 11) is 0. The lowest BCUT2D eigenvalue weighted by molar-refractivity contribution is -0.139. The maximum atomic E-state index is 11.8. The number of hydrogen-bond acceptors (Lipinski definition) is 3. The van der Waals surface area contributed by atoms with Gasteiger partial charge in [-0.05, 0) is 30.7 Å². The number of rotatable bonds is 7. The van der Waals surface area contributed by atoms with Crippen LogP contribution in [0.4, 0.5) is 0 Å². The topological polar surface area (TPSA) is 86.6 Å². The number of benzene rings is 1. The van der Waals surface area contributed by atoms with Crippen LogP contribution in [0.2, 0.25) is 0 Å². The SMILES string of the molecule is O=C(O)CCC(=O)NC(Cc1ccccc1)C1CC(O)C1. The van der Waals surface area contributed by atoms with Gasteiger partial charge in [-0.1, -0.05) is 30.3 Å². The van der Waals surface area contributed by atoms with Crippen molar-refractivity contribution in [2.75, 3.05) is 0 Å². The van der Waals surface area contributed by atoms with Crippen molar-refractivity contribution in [1.29, 1.82) is 0 Å². The number of carbonyl (C=O) groups is 2. The Morgan fingerprint density at radius 2 is 1.86 bits per heavy atom. The molecule has 0 aromatic heterocycles. The van der Waals surface area contributed by atoms with Crippen LogP contribution in [0.1, 0.15) is 31.2 Å². The summed E-state index contributed by atoms with van der Waals surface area (Å²) in [5.41, 5.74) is 1.13. The van der Waals surface area contributed by atoms with E-state index < -0.39 is 5.97 Å². The first-order valence-corrected chi connectivity index (χ1v) is 7.27. The molecule has 1 aliphatic carbocycles. The number of aliphatic hydroxyl groups is 1. The van der Waals surface area contributed by atoms with Crippen molar-refractivity contribution in [3.63, 3.8) is 0 Å². The summed E-state index contributed by atoms with van der Waals surface area (Å²) >= 11 is 0. The molecule has 5 nitrogen and oxygen atoms in total. The molecule has 1 fully saturated rings. The molecule has 0 spiro atoms. The minimum atomic E-state index is -0.969. The molecule has 1 aliphatic rings. The van der Waals surface area contributed by atoms with Crippen molar-refractivity contribution in [3.05, 3.63) is 35.9 Å². The van der Waals surface area contributed by atoms with Gasteiger partial charge < -0.3 is 15.5 Å². The lowest BCUT2D eigenvalue weighted by Gasteiger charge is -2.38. The minimum Gasteiger partial charge on any atom is -0.481 e. The van der Waals surface area contributed by atoms with E-state index in [1.54, 1.807) is 0 Å². The van der Waals surface area contributed by atoms with Crippen LogP contribution >= 0.6 is 0 Å². The number of hydrogen-bond donors (Lipinski definition) is 3. The van der Waals surface area contributed by atoms with Crippen molar-refractivity contribution in [3.8, 4) is 0 Å². The van der Waals surface area contributed by atoms with E-state index in [1.807, 2.05) is 30.3 Å². The van der Waals surface area contributed by atoms with Gasteiger partial charge in [-0.2, -0.15) is 0 Å². The van der Waals surface area contributed by atoms with Gasteiger partial charge in [0.15, 0.2) is 0 Å². The van der Waals surface area contributed by atoms with Gasteiger partial charge in [-0.3, -0.25) is 9.59 Å². The Bertz CT molecular complexity index is 482. The highest BCUT2D eigenvalue weighted by Crippen LogP contribution is 2.31. The van der Waals surface area contributed by atoms with E-state index in [9.17, 15) is 14.7 Å². The van der Waals surface area contributed by atoms with Gasteiger partial charge in [0.05, 0.1) is 12.5 Å². The summed E-state index contributed by atoms with van der Waals surface area (Å²) in [5.74, 6) is -0.947. The fourth-order valence-corrected chi connectivity index (χ4v) is 2.66. The van der Waals surface area contributed by atoms with E-state index in [2.05, 4.69) is 5.32 Å². The molecule has 3 N–H and O–H groups in total. The molecule has 0 aliphatic heterocycles. The van der Waals surface area contributed by atoms with Crippen LogP contribution in [-0.2, 0) is 16.0 Å². The molecule has 1 unspecified atom stereocenters. The molecular weight excluding hydrogens is 270 g/mol. The van der Waals surface area contributed by atoms with E-state index >= 15 is 0 Å². The molecule has 1 amide bonds. The number of aliphatic hydroxyl groups excluding tert-OH is 1. The third kappa shape index (κ3) is 4.86. The molecule has 0 radical (unpaired) electrons. The highest BCUT2D eigenvalue weighted by Gasteiger charge is 2.34. The predicted octanol–water partition coefficient (Wildman–Crippen LogP) is 1.35. The standard InChI is InChI=1S/C16H21NO4/c18-13-9-12(10-13)14(8-11-4-2-1-3-5-11)17-15(19)6-7-16(20)21/h1-5,12-14,18H,6-10H2,(H,17,19)(H,20,21). The van der Waals surface area contributed by atoms with Crippen LogP contribution in [0.25, 0.3) is 0 Å². The smallest absolute Gasteiger partial charge is 0.303 e. The van der Waals surface area contributed by atoms with Gasteiger partial charge in [-0.25, -0.2) is 0 Å². The molecule has 114 valence electrons. The van der Waals surface area contributed by atoms with E-state index in [1.165, 1.54) is 0 Å². The third-order valence-corrected chi connectivity index (χ3v) is 3.93. The Morgan fingerprint density at radius 3 is 2.43 bits per heavy atom. The molecule has 0 heterocycles. The number of carbonyl (C=O) groups excluding carboxylic acids is 1. The minimum absolute atomic E-state index is 0.00407. The van der Waals surface area contributed by atoms with Crippen LogP contribution in [0, 0.1) is 5.92 Å². The largest absolute Gasteiger partial charge is 0.481 e. The highest BCUT2D eigenvalue weighted by atomic mass is 16.4. The zero-order chi connectivity index (χ0) is 15.2. The lowest BCUT2D eigenvalue weighted by Crippen LogP contribution is -2.48. The third-order valence-electron chi connectivity index (χ3n) is 3.93. The summed E-state index contributed by atoms with van der Waals surface area (Å²) in [6, 6.07) is 9.81. The fraction of sp³-hybridized carbons (Fsp3) is 0.500. The zero-order valence-corrected chi connectivity index (χ0v) is 11.9. The molecule has 2 rings (SSSR count). The number of nitrogens with one attached hydrogen (secondary N) is 1. The van der Waals surface area contributed by atoms with E-state index in [-0.39, 0.29) is 36.8 Å². The van der Waals surface area contributed by atoms with E-state index in [0.717, 1.165) is 5.56 Å². The quantitative estimate of drug-likeness (QED) is 0.707. The number of carboxylic acid groups (broad SMARTS) is 1. The summed E-state index contributed by atoms with van der Waals surface area (Å²) in [4.78, 5) is 22.3. The van der Waals surface area contributed by atoms with Crippen molar-refractivity contribution in [2.24, 2.45) is 5.92 Å². The number of aliphatic carboxylic acids is 1. The van der Waals surface area contributed by atoms with Gasteiger partial charge in [0, 0.05) is 12.5 Å². The molecule has 0 saturated heterocycles. The maximum absolute atomic E-state index is 11.8. The zero-order valence-electron chi connectivity index (χ0n) is 11.9. The number of carboxylic acids is 1. The molecule has 0 bridgehead atoms. The van der Waals surface area contributed by atoms with Gasteiger partial charge >= 0.3 is 5.97 Å². The normalized spacial score (nSPS) is 22.1. The van der Waals surface area contributed by atoms with Crippen molar-refractivity contribution >= 4 is 11.9 Å². The maximum Gasteiger partial charge on any atom is 0.303 e. The monoisotopic (exact) mass is 291 g/mol. The van der Waals surface area contributed by atoms with E-state index in [4.69, 9.17) is 5.11 Å². The summed E-state index contributed by atoms with van der Waals surface area (Å²) in [6.07, 6.45) is 1.65. The van der Waals surface area contributed by atoms with Crippen LogP contribution in [0.15, 0.2) is 30.3 Å². The Hall–Kier alpha value is -1.88. The summed E-state index contributed by atoms with van der Waals surface area (Å²) in [6.45, 7) is 0. The second kappa shape index (κ2) is 7.22. The molecule has 5 heteroatoms. The second-order valence-corrected chi connectivity index (χ2v) is 5.64. The Morgan fingerprint density at radius 1 is 1.19 bits per heavy atom. The Balaban J connectivity index is 1.92. The Kier molecular flexibility index (Phi) is 5.33. The predicted molar refractivity (Wildman–Crippen MR) is 77.7 cm³/mol. The summed E-state index contributed by atoms with van der Waals surface area (Å²) < 4.78 is 0. The van der Waals surface area contributed by atoms with Crippen molar-refractivity contribution < 1.29 is 19.8 Å². The van der Waals surface area contributed by atoms with Crippen molar-refractivity contribution in [1.82, 2.24) is 5.32 Å². The lowest BCUT2D eigenvalue weighted by atomic mass is 9.75. The molecule has 21 heavy (non-hydrogen) atoms. The van der Waals surface area contributed by atoms with Crippen LogP contribution < -0.4 is 5.32 Å². The van der Waals surface area contributed by atoms with E-state index in [0.29, 0.717) is 19.3 Å².